The van der Waals surface area contributed by atoms with E-state index >= 15 is 0 Å². The lowest BCUT2D eigenvalue weighted by Gasteiger charge is -2.34. The van der Waals surface area contributed by atoms with Crippen LogP contribution in [0.3, 0.4) is 0 Å². The van der Waals surface area contributed by atoms with Crippen molar-refractivity contribution >= 4 is 11.9 Å². The van der Waals surface area contributed by atoms with Crippen LogP contribution in [0.4, 0.5) is 5.95 Å². The molecule has 1 aliphatic rings. The van der Waals surface area contributed by atoms with Crippen molar-refractivity contribution in [2.45, 2.75) is 6.92 Å². The zero-order valence-electron chi connectivity index (χ0n) is 15.0. The van der Waals surface area contributed by atoms with E-state index < -0.39 is 0 Å². The van der Waals surface area contributed by atoms with Gasteiger partial charge in [-0.15, -0.1) is 0 Å². The van der Waals surface area contributed by atoms with Crippen molar-refractivity contribution in [1.82, 2.24) is 14.9 Å². The van der Waals surface area contributed by atoms with Gasteiger partial charge in [0.2, 0.25) is 5.95 Å². The minimum Gasteiger partial charge on any atom is -0.459 e. The van der Waals surface area contributed by atoms with Gasteiger partial charge in [-0.1, -0.05) is 24.3 Å². The van der Waals surface area contributed by atoms with Crippen LogP contribution in [0.2, 0.25) is 0 Å². The Morgan fingerprint density at radius 1 is 1.11 bits per heavy atom. The molecule has 0 atom stereocenters. The smallest absolute Gasteiger partial charge is 0.289 e. The van der Waals surface area contributed by atoms with E-state index in [-0.39, 0.29) is 11.5 Å². The van der Waals surface area contributed by atoms with Crippen molar-refractivity contribution in [2.24, 2.45) is 0 Å². The van der Waals surface area contributed by atoms with Gasteiger partial charge in [0.15, 0.2) is 5.76 Å². The number of carbonyl (C=O) groups is 1. The summed E-state index contributed by atoms with van der Waals surface area (Å²) in [5.41, 5.74) is 2.47. The average Bonchev–Trinajstić information content (AvgIpc) is 3.22. The molecule has 1 aromatic carbocycles. The fourth-order valence-electron chi connectivity index (χ4n) is 3.27. The summed E-state index contributed by atoms with van der Waals surface area (Å²) in [5, 5.41) is 0. The number of hydrogen-bond acceptors (Lipinski definition) is 5. The van der Waals surface area contributed by atoms with Gasteiger partial charge in [0.1, 0.15) is 0 Å². The van der Waals surface area contributed by atoms with Gasteiger partial charge in [0.05, 0.1) is 12.0 Å². The number of aromatic amines is 1. The van der Waals surface area contributed by atoms with Gasteiger partial charge in [0.25, 0.3) is 11.5 Å². The molecule has 0 unspecified atom stereocenters. The quantitative estimate of drug-likeness (QED) is 0.771. The van der Waals surface area contributed by atoms with Gasteiger partial charge in [-0.05, 0) is 24.6 Å². The summed E-state index contributed by atoms with van der Waals surface area (Å²) in [7, 11) is 0. The Morgan fingerprint density at radius 3 is 2.59 bits per heavy atom. The van der Waals surface area contributed by atoms with Gasteiger partial charge in [-0.3, -0.25) is 14.6 Å². The lowest BCUT2D eigenvalue weighted by Crippen LogP contribution is -2.49. The first-order valence-corrected chi connectivity index (χ1v) is 8.87. The minimum absolute atomic E-state index is 0.116. The molecule has 0 spiro atoms. The van der Waals surface area contributed by atoms with E-state index in [9.17, 15) is 9.59 Å². The maximum Gasteiger partial charge on any atom is 0.289 e. The van der Waals surface area contributed by atoms with Crippen molar-refractivity contribution < 1.29 is 9.21 Å². The Kier molecular flexibility index (Phi) is 4.50. The second kappa shape index (κ2) is 7.11. The maximum atomic E-state index is 12.4. The Bertz CT molecular complexity index is 1000. The van der Waals surface area contributed by atoms with Crippen LogP contribution in [0.1, 0.15) is 16.1 Å². The van der Waals surface area contributed by atoms with Gasteiger partial charge in [-0.2, -0.15) is 0 Å². The summed E-state index contributed by atoms with van der Waals surface area (Å²) >= 11 is 0. The van der Waals surface area contributed by atoms with Crippen molar-refractivity contribution in [3.63, 3.8) is 0 Å². The number of furan rings is 1. The number of hydrogen-bond donors (Lipinski definition) is 1. The minimum atomic E-state index is -0.188. The normalized spacial score (nSPS) is 14.4. The molecule has 1 aliphatic heterocycles. The summed E-state index contributed by atoms with van der Waals surface area (Å²) in [6.07, 6.45) is 1.50. The molecular weight excluding hydrogens is 344 g/mol. The molecule has 3 heterocycles. The fraction of sp³-hybridized carbons (Fsp3) is 0.250. The Morgan fingerprint density at radius 2 is 1.89 bits per heavy atom. The number of amides is 1. The van der Waals surface area contributed by atoms with E-state index in [1.165, 1.54) is 12.3 Å². The van der Waals surface area contributed by atoms with Gasteiger partial charge in [-0.25, -0.2) is 4.98 Å². The van der Waals surface area contributed by atoms with Gasteiger partial charge in [0, 0.05) is 37.8 Å². The summed E-state index contributed by atoms with van der Waals surface area (Å²) in [5.74, 6) is 0.761. The van der Waals surface area contributed by atoms with E-state index in [1.54, 1.807) is 17.0 Å². The highest BCUT2D eigenvalue weighted by molar-refractivity contribution is 5.91. The molecular formula is C20H20N4O3. The highest BCUT2D eigenvalue weighted by atomic mass is 16.3. The Balaban J connectivity index is 1.53. The lowest BCUT2D eigenvalue weighted by molar-refractivity contribution is 0.0714. The number of aromatic nitrogens is 2. The molecule has 1 saturated heterocycles. The molecule has 0 bridgehead atoms. The molecule has 0 aliphatic carbocycles. The van der Waals surface area contributed by atoms with E-state index in [1.807, 2.05) is 36.1 Å². The van der Waals surface area contributed by atoms with Crippen molar-refractivity contribution in [2.75, 3.05) is 31.1 Å². The van der Waals surface area contributed by atoms with Crippen LogP contribution in [0.15, 0.2) is 57.9 Å². The van der Waals surface area contributed by atoms with Gasteiger partial charge < -0.3 is 14.2 Å². The molecule has 1 fully saturated rings. The molecule has 2 aromatic heterocycles. The van der Waals surface area contributed by atoms with Crippen LogP contribution >= 0.6 is 0 Å². The number of nitrogens with one attached hydrogen (secondary N) is 1. The van der Waals surface area contributed by atoms with Crippen molar-refractivity contribution in [3.05, 3.63) is 70.4 Å². The second-order valence-corrected chi connectivity index (χ2v) is 6.53. The first-order chi connectivity index (χ1) is 13.1. The molecule has 1 N–H and O–H groups in total. The Labute approximate surface area is 156 Å². The van der Waals surface area contributed by atoms with E-state index in [0.717, 1.165) is 11.1 Å². The Hall–Kier alpha value is -3.35. The predicted octanol–water partition coefficient (Wildman–Crippen LogP) is 2.30. The molecule has 1 amide bonds. The fourth-order valence-corrected chi connectivity index (χ4v) is 3.27. The molecule has 7 nitrogen and oxygen atoms in total. The van der Waals surface area contributed by atoms with Crippen molar-refractivity contribution in [1.29, 1.82) is 0 Å². The zero-order chi connectivity index (χ0) is 18.8. The van der Waals surface area contributed by atoms with Crippen LogP contribution in [0, 0.1) is 6.92 Å². The number of piperazine rings is 1. The molecule has 3 aromatic rings. The number of nitrogens with zero attached hydrogens (tertiary/aromatic N) is 3. The number of anilines is 1. The molecule has 7 heteroatoms. The summed E-state index contributed by atoms with van der Waals surface area (Å²) in [6.45, 7) is 4.26. The zero-order valence-corrected chi connectivity index (χ0v) is 15.0. The van der Waals surface area contributed by atoms with E-state index in [0.29, 0.717) is 43.6 Å². The van der Waals surface area contributed by atoms with Crippen LogP contribution in [0.25, 0.3) is 11.3 Å². The van der Waals surface area contributed by atoms with Crippen molar-refractivity contribution in [3.8, 4) is 11.3 Å². The van der Waals surface area contributed by atoms with Gasteiger partial charge >= 0.3 is 0 Å². The topological polar surface area (TPSA) is 82.4 Å². The number of H-pyrrole nitrogens is 1. The highest BCUT2D eigenvalue weighted by Gasteiger charge is 2.25. The van der Waals surface area contributed by atoms with Crippen LogP contribution in [-0.2, 0) is 0 Å². The summed E-state index contributed by atoms with van der Waals surface area (Å²) in [6, 6.07) is 12.7. The first kappa shape index (κ1) is 17.1. The number of aryl methyl sites for hydroxylation is 1. The predicted molar refractivity (Wildman–Crippen MR) is 102 cm³/mol. The van der Waals surface area contributed by atoms with Crippen LogP contribution in [-0.4, -0.2) is 47.0 Å². The average molecular weight is 364 g/mol. The SMILES string of the molecule is Cc1ccccc1-c1cc(=O)[nH]c(N2CCN(C(=O)c3ccco3)CC2)n1. The standard InChI is InChI=1S/C20H20N4O3/c1-14-5-2-3-6-15(14)16-13-18(25)22-20(21-16)24-10-8-23(9-11-24)19(26)17-7-4-12-27-17/h2-7,12-13H,8-11H2,1H3,(H,21,22,25). The third-order valence-electron chi connectivity index (χ3n) is 4.75. The molecule has 138 valence electrons. The number of benzene rings is 1. The second-order valence-electron chi connectivity index (χ2n) is 6.53. The number of carbonyl (C=O) groups excluding carboxylic acids is 1. The lowest BCUT2D eigenvalue weighted by atomic mass is 10.1. The highest BCUT2D eigenvalue weighted by Crippen LogP contribution is 2.22. The summed E-state index contributed by atoms with van der Waals surface area (Å²) in [4.78, 5) is 35.8. The molecule has 27 heavy (non-hydrogen) atoms. The third kappa shape index (κ3) is 3.48. The number of rotatable bonds is 3. The first-order valence-electron chi connectivity index (χ1n) is 8.87. The molecule has 0 radical (unpaired) electrons. The molecule has 0 saturated carbocycles. The van der Waals surface area contributed by atoms with E-state index in [2.05, 4.69) is 9.97 Å². The monoisotopic (exact) mass is 364 g/mol. The largest absolute Gasteiger partial charge is 0.459 e. The van der Waals surface area contributed by atoms with Crippen LogP contribution < -0.4 is 10.5 Å². The maximum absolute atomic E-state index is 12.4. The summed E-state index contributed by atoms with van der Waals surface area (Å²) < 4.78 is 5.19. The van der Waals surface area contributed by atoms with E-state index in [4.69, 9.17) is 4.42 Å². The molecule has 4 rings (SSSR count). The van der Waals surface area contributed by atoms with Crippen LogP contribution in [0.5, 0.6) is 0 Å². The third-order valence-corrected chi connectivity index (χ3v) is 4.75.